The van der Waals surface area contributed by atoms with Crippen molar-refractivity contribution in [3.05, 3.63) is 0 Å². The molecule has 0 aromatic rings. The van der Waals surface area contributed by atoms with Crippen LogP contribution in [0.25, 0.3) is 0 Å². The first kappa shape index (κ1) is 30.6. The van der Waals surface area contributed by atoms with Gasteiger partial charge >= 0.3 is 12.1 Å². The molecule has 0 spiro atoms. The van der Waals surface area contributed by atoms with Gasteiger partial charge in [-0.3, -0.25) is 24.0 Å². The van der Waals surface area contributed by atoms with Crippen LogP contribution in [0.3, 0.4) is 0 Å². The van der Waals surface area contributed by atoms with E-state index in [0.29, 0.717) is 0 Å². The fraction of sp³-hybridized carbons (Fsp3) is 0.700. The normalized spacial score (nSPS) is 12.1. The van der Waals surface area contributed by atoms with Gasteiger partial charge in [0.05, 0.1) is 31.8 Å². The Balaban J connectivity index is 4.58. The number of carboxylic acids is 1. The molecule has 1 atom stereocenters. The summed E-state index contributed by atoms with van der Waals surface area (Å²) in [4.78, 5) is 69.8. The number of carbonyl (C=O) groups excluding carboxylic acids is 5. The van der Waals surface area contributed by atoms with E-state index in [4.69, 9.17) is 14.6 Å². The highest BCUT2D eigenvalue weighted by molar-refractivity contribution is 5.92. The molecule has 0 bridgehead atoms. The Morgan fingerprint density at radius 2 is 1.15 bits per heavy atom. The van der Waals surface area contributed by atoms with Crippen molar-refractivity contribution in [3.63, 3.8) is 0 Å². The standard InChI is InChI=1S/C20H35N5O9/c1-19(2,3)33-11-12(25-18(32)34-20(4,5)6)17(31)24-9-15(28)22-7-13(26)21-8-14(27)23-10-16(29)30/h12H,7-11H2,1-6H3,(H,21,26)(H,22,28)(H,23,27)(H,24,31)(H,25,32)(H,29,30)/t12-/m0/s1. The van der Waals surface area contributed by atoms with Crippen molar-refractivity contribution in [2.24, 2.45) is 0 Å². The predicted octanol–water partition coefficient (Wildman–Crippen LogP) is -1.76. The molecular weight excluding hydrogens is 454 g/mol. The third kappa shape index (κ3) is 17.2. The Kier molecular flexibility index (Phi) is 12.6. The fourth-order valence-electron chi connectivity index (χ4n) is 1.98. The van der Waals surface area contributed by atoms with Gasteiger partial charge in [-0.25, -0.2) is 4.79 Å². The van der Waals surface area contributed by atoms with E-state index in [1.54, 1.807) is 41.5 Å². The van der Waals surface area contributed by atoms with Crippen molar-refractivity contribution in [2.45, 2.75) is 58.8 Å². The van der Waals surface area contributed by atoms with Gasteiger partial charge in [0.2, 0.25) is 23.6 Å². The summed E-state index contributed by atoms with van der Waals surface area (Å²) in [5, 5.41) is 19.7. The molecule has 0 aliphatic carbocycles. The van der Waals surface area contributed by atoms with E-state index in [1.807, 2.05) is 0 Å². The van der Waals surface area contributed by atoms with Gasteiger partial charge in [0, 0.05) is 0 Å². The summed E-state index contributed by atoms with van der Waals surface area (Å²) in [7, 11) is 0. The molecule has 0 aromatic heterocycles. The summed E-state index contributed by atoms with van der Waals surface area (Å²) in [6, 6.07) is -1.14. The third-order valence-corrected chi connectivity index (χ3v) is 3.44. The molecule has 0 aliphatic rings. The van der Waals surface area contributed by atoms with Gasteiger partial charge in [0.1, 0.15) is 18.2 Å². The van der Waals surface area contributed by atoms with Crippen LogP contribution in [-0.4, -0.2) is 90.8 Å². The molecular formula is C20H35N5O9. The van der Waals surface area contributed by atoms with Crippen molar-refractivity contribution in [3.8, 4) is 0 Å². The third-order valence-electron chi connectivity index (χ3n) is 3.44. The Morgan fingerprint density at radius 1 is 0.706 bits per heavy atom. The Hall–Kier alpha value is -3.42. The predicted molar refractivity (Wildman–Crippen MR) is 119 cm³/mol. The van der Waals surface area contributed by atoms with Gasteiger partial charge in [-0.2, -0.15) is 0 Å². The first-order valence-corrected chi connectivity index (χ1v) is 10.4. The van der Waals surface area contributed by atoms with Gasteiger partial charge < -0.3 is 41.2 Å². The molecule has 0 saturated heterocycles. The number of hydrogen-bond acceptors (Lipinski definition) is 8. The largest absolute Gasteiger partial charge is 0.480 e. The highest BCUT2D eigenvalue weighted by Gasteiger charge is 2.26. The molecule has 34 heavy (non-hydrogen) atoms. The minimum atomic E-state index is -1.23. The molecule has 0 aromatic carbocycles. The maximum Gasteiger partial charge on any atom is 0.408 e. The molecule has 0 rings (SSSR count). The lowest BCUT2D eigenvalue weighted by Crippen LogP contribution is -2.53. The second-order valence-corrected chi connectivity index (χ2v) is 9.06. The van der Waals surface area contributed by atoms with Crippen LogP contribution in [0, 0.1) is 0 Å². The lowest BCUT2D eigenvalue weighted by atomic mass is 10.2. The van der Waals surface area contributed by atoms with Crippen LogP contribution < -0.4 is 26.6 Å². The summed E-state index contributed by atoms with van der Waals surface area (Å²) in [5.74, 6) is -4.05. The molecule has 5 amide bonds. The number of rotatable bonds is 12. The Bertz CT molecular complexity index is 757. The molecule has 14 heteroatoms. The Labute approximate surface area is 197 Å². The molecule has 194 valence electrons. The van der Waals surface area contributed by atoms with E-state index in [1.165, 1.54) is 0 Å². The lowest BCUT2D eigenvalue weighted by Gasteiger charge is -2.26. The van der Waals surface area contributed by atoms with Crippen molar-refractivity contribution >= 4 is 35.7 Å². The lowest BCUT2D eigenvalue weighted by molar-refractivity contribution is -0.137. The minimum Gasteiger partial charge on any atom is -0.480 e. The highest BCUT2D eigenvalue weighted by atomic mass is 16.6. The molecule has 14 nitrogen and oxygen atoms in total. The number of amides is 5. The maximum absolute atomic E-state index is 12.5. The SMILES string of the molecule is CC(C)(C)OC[C@H](NC(=O)OC(C)(C)C)C(=O)NCC(=O)NCC(=O)NCC(=O)NCC(=O)O. The zero-order valence-corrected chi connectivity index (χ0v) is 20.3. The van der Waals surface area contributed by atoms with E-state index < -0.39 is 79.1 Å². The van der Waals surface area contributed by atoms with Crippen molar-refractivity contribution in [1.29, 1.82) is 0 Å². The summed E-state index contributed by atoms with van der Waals surface area (Å²) in [5.41, 5.74) is -1.38. The molecule has 0 saturated carbocycles. The molecule has 6 N–H and O–H groups in total. The number of ether oxygens (including phenoxy) is 2. The van der Waals surface area contributed by atoms with Gasteiger partial charge in [0.25, 0.3) is 0 Å². The van der Waals surface area contributed by atoms with Gasteiger partial charge in [-0.15, -0.1) is 0 Å². The van der Waals surface area contributed by atoms with E-state index in [0.717, 1.165) is 0 Å². The van der Waals surface area contributed by atoms with Crippen LogP contribution in [0.2, 0.25) is 0 Å². The monoisotopic (exact) mass is 489 g/mol. The maximum atomic E-state index is 12.5. The summed E-state index contributed by atoms with van der Waals surface area (Å²) >= 11 is 0. The molecule has 0 unspecified atom stereocenters. The van der Waals surface area contributed by atoms with Crippen LogP contribution >= 0.6 is 0 Å². The topological polar surface area (TPSA) is 201 Å². The number of carbonyl (C=O) groups is 6. The molecule has 0 aliphatic heterocycles. The first-order valence-electron chi connectivity index (χ1n) is 10.4. The number of aliphatic carboxylic acids is 1. The second kappa shape index (κ2) is 14.0. The van der Waals surface area contributed by atoms with Crippen LogP contribution in [0.1, 0.15) is 41.5 Å². The average molecular weight is 490 g/mol. The van der Waals surface area contributed by atoms with Crippen molar-refractivity contribution < 1.29 is 43.3 Å². The van der Waals surface area contributed by atoms with E-state index in [2.05, 4.69) is 26.6 Å². The van der Waals surface area contributed by atoms with Crippen LogP contribution in [0.5, 0.6) is 0 Å². The summed E-state index contributed by atoms with van der Waals surface area (Å²) in [6.45, 7) is 8.09. The molecule has 0 radical (unpaired) electrons. The van der Waals surface area contributed by atoms with Crippen LogP contribution in [0.15, 0.2) is 0 Å². The van der Waals surface area contributed by atoms with E-state index in [-0.39, 0.29) is 6.61 Å². The van der Waals surface area contributed by atoms with Crippen LogP contribution in [-0.2, 0) is 33.4 Å². The van der Waals surface area contributed by atoms with Gasteiger partial charge in [-0.1, -0.05) is 0 Å². The zero-order valence-electron chi connectivity index (χ0n) is 20.3. The summed E-state index contributed by atoms with van der Waals surface area (Å²) < 4.78 is 10.7. The number of carboxylic acid groups (broad SMARTS) is 1. The number of alkyl carbamates (subject to hydrolysis) is 1. The quantitative estimate of drug-likeness (QED) is 0.184. The van der Waals surface area contributed by atoms with Crippen molar-refractivity contribution in [2.75, 3.05) is 32.8 Å². The molecule has 0 heterocycles. The summed E-state index contributed by atoms with van der Waals surface area (Å²) in [6.07, 6.45) is -0.835. The van der Waals surface area contributed by atoms with Gasteiger partial charge in [0.15, 0.2) is 0 Å². The Morgan fingerprint density at radius 3 is 1.56 bits per heavy atom. The van der Waals surface area contributed by atoms with Crippen molar-refractivity contribution in [1.82, 2.24) is 26.6 Å². The van der Waals surface area contributed by atoms with E-state index in [9.17, 15) is 28.8 Å². The average Bonchev–Trinajstić information content (AvgIpc) is 2.68. The smallest absolute Gasteiger partial charge is 0.408 e. The highest BCUT2D eigenvalue weighted by Crippen LogP contribution is 2.09. The second-order valence-electron chi connectivity index (χ2n) is 9.06. The van der Waals surface area contributed by atoms with Crippen LogP contribution in [0.4, 0.5) is 4.79 Å². The number of hydrogen-bond donors (Lipinski definition) is 6. The zero-order chi connectivity index (χ0) is 26.5. The number of nitrogens with one attached hydrogen (secondary N) is 5. The first-order chi connectivity index (χ1) is 15.5. The van der Waals surface area contributed by atoms with E-state index >= 15 is 0 Å². The molecule has 0 fully saturated rings. The fourth-order valence-corrected chi connectivity index (χ4v) is 1.98. The van der Waals surface area contributed by atoms with Gasteiger partial charge in [-0.05, 0) is 41.5 Å². The minimum absolute atomic E-state index is 0.178.